The van der Waals surface area contributed by atoms with Crippen LogP contribution < -0.4 is 15.4 Å². The Morgan fingerprint density at radius 1 is 1.05 bits per heavy atom. The molecule has 0 saturated carbocycles. The van der Waals surface area contributed by atoms with Gasteiger partial charge in [0.05, 0.1) is 6.61 Å². The van der Waals surface area contributed by atoms with Crippen LogP contribution >= 0.6 is 0 Å². The number of hydrogen-bond donors (Lipinski definition) is 2. The molecule has 0 aromatic carbocycles. The summed E-state index contributed by atoms with van der Waals surface area (Å²) in [5, 5.41) is 6.41. The Morgan fingerprint density at radius 2 is 1.80 bits per heavy atom. The van der Waals surface area contributed by atoms with E-state index in [1.807, 2.05) is 6.92 Å². The van der Waals surface area contributed by atoms with Gasteiger partial charge >= 0.3 is 6.01 Å². The van der Waals surface area contributed by atoms with Crippen LogP contribution in [0.15, 0.2) is 0 Å². The Balaban J connectivity index is 2.73. The maximum absolute atomic E-state index is 5.50. The summed E-state index contributed by atoms with van der Waals surface area (Å²) in [4.78, 5) is 12.9. The van der Waals surface area contributed by atoms with E-state index in [2.05, 4.69) is 46.4 Å². The second-order valence-corrected chi connectivity index (χ2v) is 4.83. The summed E-state index contributed by atoms with van der Waals surface area (Å²) >= 11 is 0. The van der Waals surface area contributed by atoms with Crippen LogP contribution in [0.3, 0.4) is 0 Å². The Kier molecular flexibility index (Phi) is 7.69. The van der Waals surface area contributed by atoms with Crippen LogP contribution in [-0.2, 0) is 0 Å². The van der Waals surface area contributed by atoms with Gasteiger partial charge in [0.1, 0.15) is 0 Å². The highest BCUT2D eigenvalue weighted by Crippen LogP contribution is 2.13. The third kappa shape index (κ3) is 6.04. The fourth-order valence-electron chi connectivity index (χ4n) is 1.72. The number of nitrogens with zero attached hydrogens (tertiary/aromatic N) is 3. The third-order valence-electron chi connectivity index (χ3n) is 2.75. The SMILES string of the molecule is CCCCC(C)Nc1nc(NCC)nc(OCCC)n1. The minimum atomic E-state index is 0.339. The van der Waals surface area contributed by atoms with Gasteiger partial charge in [-0.3, -0.25) is 0 Å². The first-order chi connectivity index (χ1) is 9.69. The van der Waals surface area contributed by atoms with E-state index in [0.717, 1.165) is 19.4 Å². The Morgan fingerprint density at radius 3 is 2.45 bits per heavy atom. The summed E-state index contributed by atoms with van der Waals surface area (Å²) in [5.74, 6) is 1.13. The first-order valence-corrected chi connectivity index (χ1v) is 7.58. The topological polar surface area (TPSA) is 72.0 Å². The van der Waals surface area contributed by atoms with Gasteiger partial charge in [0, 0.05) is 12.6 Å². The number of nitrogens with one attached hydrogen (secondary N) is 2. The largest absolute Gasteiger partial charge is 0.463 e. The lowest BCUT2D eigenvalue weighted by atomic mass is 10.1. The van der Waals surface area contributed by atoms with Crippen molar-refractivity contribution in [3.8, 4) is 6.01 Å². The van der Waals surface area contributed by atoms with Gasteiger partial charge in [-0.25, -0.2) is 0 Å². The molecule has 0 aliphatic heterocycles. The average Bonchev–Trinajstić information content (AvgIpc) is 2.43. The molecule has 20 heavy (non-hydrogen) atoms. The highest BCUT2D eigenvalue weighted by molar-refractivity contribution is 5.36. The molecule has 1 rings (SSSR count). The summed E-state index contributed by atoms with van der Waals surface area (Å²) in [6.07, 6.45) is 4.41. The predicted octanol–water partition coefficient (Wildman–Crippen LogP) is 3.08. The summed E-state index contributed by atoms with van der Waals surface area (Å²) in [6, 6.07) is 0.717. The smallest absolute Gasteiger partial charge is 0.323 e. The summed E-state index contributed by atoms with van der Waals surface area (Å²) < 4.78 is 5.50. The number of ether oxygens (including phenoxy) is 1. The highest BCUT2D eigenvalue weighted by atomic mass is 16.5. The van der Waals surface area contributed by atoms with E-state index < -0.39 is 0 Å². The molecular formula is C14H27N5O. The number of anilines is 2. The van der Waals surface area contributed by atoms with E-state index >= 15 is 0 Å². The van der Waals surface area contributed by atoms with Gasteiger partial charge in [-0.05, 0) is 26.7 Å². The van der Waals surface area contributed by atoms with Crippen molar-refractivity contribution in [1.29, 1.82) is 0 Å². The molecule has 0 spiro atoms. The van der Waals surface area contributed by atoms with Crippen molar-refractivity contribution >= 4 is 11.9 Å². The second kappa shape index (κ2) is 9.34. The third-order valence-corrected chi connectivity index (χ3v) is 2.75. The number of unbranched alkanes of at least 4 members (excludes halogenated alkanes) is 1. The molecule has 0 saturated heterocycles. The number of aromatic nitrogens is 3. The molecule has 114 valence electrons. The Hall–Kier alpha value is -1.59. The minimum absolute atomic E-state index is 0.339. The fraction of sp³-hybridized carbons (Fsp3) is 0.786. The lowest BCUT2D eigenvalue weighted by Gasteiger charge is -2.14. The lowest BCUT2D eigenvalue weighted by Crippen LogP contribution is -2.18. The van der Waals surface area contributed by atoms with E-state index in [1.165, 1.54) is 12.8 Å². The first-order valence-electron chi connectivity index (χ1n) is 7.58. The van der Waals surface area contributed by atoms with Crippen molar-refractivity contribution in [2.75, 3.05) is 23.8 Å². The van der Waals surface area contributed by atoms with Crippen LogP contribution in [0.1, 0.15) is 53.4 Å². The molecule has 0 radical (unpaired) electrons. The van der Waals surface area contributed by atoms with E-state index in [-0.39, 0.29) is 0 Å². The van der Waals surface area contributed by atoms with Gasteiger partial charge in [-0.1, -0.05) is 26.7 Å². The van der Waals surface area contributed by atoms with Crippen LogP contribution in [-0.4, -0.2) is 34.1 Å². The Labute approximate surface area is 121 Å². The molecular weight excluding hydrogens is 254 g/mol. The van der Waals surface area contributed by atoms with Crippen LogP contribution in [0.4, 0.5) is 11.9 Å². The van der Waals surface area contributed by atoms with Crippen LogP contribution in [0.5, 0.6) is 6.01 Å². The minimum Gasteiger partial charge on any atom is -0.463 e. The van der Waals surface area contributed by atoms with E-state index in [4.69, 9.17) is 4.74 Å². The molecule has 1 unspecified atom stereocenters. The summed E-state index contributed by atoms with van der Waals surface area (Å²) in [5.41, 5.74) is 0. The quantitative estimate of drug-likeness (QED) is 0.686. The standard InChI is InChI=1S/C14H27N5O/c1-5-8-9-11(4)16-13-17-12(15-7-3)18-14(19-13)20-10-6-2/h11H,5-10H2,1-4H3,(H2,15,16,17,18,19). The fourth-order valence-corrected chi connectivity index (χ4v) is 1.72. The van der Waals surface area contributed by atoms with Crippen LogP contribution in [0, 0.1) is 0 Å². The summed E-state index contributed by atoms with van der Waals surface area (Å²) in [7, 11) is 0. The van der Waals surface area contributed by atoms with Gasteiger partial charge < -0.3 is 15.4 Å². The van der Waals surface area contributed by atoms with E-state index in [9.17, 15) is 0 Å². The van der Waals surface area contributed by atoms with Gasteiger partial charge in [0.25, 0.3) is 0 Å². The maximum Gasteiger partial charge on any atom is 0.323 e. The molecule has 1 aromatic rings. The predicted molar refractivity (Wildman–Crippen MR) is 82.4 cm³/mol. The van der Waals surface area contributed by atoms with Gasteiger partial charge in [0.2, 0.25) is 11.9 Å². The van der Waals surface area contributed by atoms with Gasteiger partial charge in [0.15, 0.2) is 0 Å². The summed E-state index contributed by atoms with van der Waals surface area (Å²) in [6.45, 7) is 9.77. The second-order valence-electron chi connectivity index (χ2n) is 4.83. The van der Waals surface area contributed by atoms with Crippen molar-refractivity contribution < 1.29 is 4.74 Å². The molecule has 1 atom stereocenters. The van der Waals surface area contributed by atoms with Crippen LogP contribution in [0.2, 0.25) is 0 Å². The molecule has 6 heteroatoms. The molecule has 0 amide bonds. The van der Waals surface area contributed by atoms with E-state index in [1.54, 1.807) is 0 Å². The maximum atomic E-state index is 5.50. The molecule has 6 nitrogen and oxygen atoms in total. The van der Waals surface area contributed by atoms with E-state index in [0.29, 0.717) is 30.6 Å². The van der Waals surface area contributed by atoms with Crippen molar-refractivity contribution in [3.05, 3.63) is 0 Å². The molecule has 1 heterocycles. The Bertz CT molecular complexity index is 386. The van der Waals surface area contributed by atoms with Crippen LogP contribution in [0.25, 0.3) is 0 Å². The highest BCUT2D eigenvalue weighted by Gasteiger charge is 2.09. The number of rotatable bonds is 10. The van der Waals surface area contributed by atoms with Crippen molar-refractivity contribution in [2.24, 2.45) is 0 Å². The van der Waals surface area contributed by atoms with Crippen molar-refractivity contribution in [3.63, 3.8) is 0 Å². The molecule has 0 bridgehead atoms. The molecule has 0 aliphatic rings. The van der Waals surface area contributed by atoms with Crippen molar-refractivity contribution in [2.45, 2.75) is 59.4 Å². The number of hydrogen-bond acceptors (Lipinski definition) is 6. The zero-order valence-corrected chi connectivity index (χ0v) is 13.1. The normalized spacial score (nSPS) is 12.0. The first kappa shape index (κ1) is 16.5. The average molecular weight is 281 g/mol. The monoisotopic (exact) mass is 281 g/mol. The van der Waals surface area contributed by atoms with Crippen molar-refractivity contribution in [1.82, 2.24) is 15.0 Å². The molecule has 0 fully saturated rings. The zero-order chi connectivity index (χ0) is 14.8. The molecule has 1 aromatic heterocycles. The van der Waals surface area contributed by atoms with Gasteiger partial charge in [-0.2, -0.15) is 15.0 Å². The van der Waals surface area contributed by atoms with Gasteiger partial charge in [-0.15, -0.1) is 0 Å². The zero-order valence-electron chi connectivity index (χ0n) is 13.1. The lowest BCUT2D eigenvalue weighted by molar-refractivity contribution is 0.292. The molecule has 0 aliphatic carbocycles. The molecule has 2 N–H and O–H groups in total.